The number of rotatable bonds is 7. The first-order valence-corrected chi connectivity index (χ1v) is 8.88. The number of aliphatic imine (C=N–C) groups is 1. The second-order valence-corrected chi connectivity index (χ2v) is 6.65. The molecule has 134 valence electrons. The molecule has 0 radical (unpaired) electrons. The molecule has 0 aliphatic heterocycles. The van der Waals surface area contributed by atoms with E-state index in [9.17, 15) is 4.39 Å². The lowest BCUT2D eigenvalue weighted by atomic mass is 9.95. The second-order valence-electron chi connectivity index (χ2n) is 6.65. The topological polar surface area (TPSA) is 54.2 Å². The number of aryl methyl sites for hydroxylation is 1. The predicted molar refractivity (Wildman–Crippen MR) is 98.2 cm³/mol. The molecule has 0 saturated heterocycles. The molecular weight excluding hydrogens is 317 g/mol. The Morgan fingerprint density at radius 2 is 2.12 bits per heavy atom. The quantitative estimate of drug-likeness (QED) is 0.599. The van der Waals surface area contributed by atoms with Crippen LogP contribution in [0.5, 0.6) is 0 Å². The van der Waals surface area contributed by atoms with Gasteiger partial charge in [-0.1, -0.05) is 18.2 Å². The third-order valence-corrected chi connectivity index (χ3v) is 4.65. The molecule has 0 unspecified atom stereocenters. The predicted octanol–water partition coefficient (Wildman–Crippen LogP) is 2.39. The Balaban J connectivity index is 1.59. The van der Waals surface area contributed by atoms with Crippen molar-refractivity contribution in [2.75, 3.05) is 19.6 Å². The molecule has 0 amide bonds. The number of guanidine groups is 1. The zero-order valence-corrected chi connectivity index (χ0v) is 14.9. The molecule has 0 bridgehead atoms. The van der Waals surface area contributed by atoms with E-state index in [1.165, 1.54) is 11.6 Å². The van der Waals surface area contributed by atoms with Crippen molar-refractivity contribution in [3.8, 4) is 0 Å². The monoisotopic (exact) mass is 343 g/mol. The van der Waals surface area contributed by atoms with Crippen molar-refractivity contribution in [3.63, 3.8) is 0 Å². The fraction of sp³-hybridized carbons (Fsp3) is 0.474. The van der Waals surface area contributed by atoms with Crippen LogP contribution >= 0.6 is 0 Å². The average Bonchev–Trinajstić information content (AvgIpc) is 3.28. The lowest BCUT2D eigenvalue weighted by Gasteiger charge is -2.16. The van der Waals surface area contributed by atoms with Crippen LogP contribution < -0.4 is 10.6 Å². The Hall–Kier alpha value is -2.37. The van der Waals surface area contributed by atoms with E-state index in [1.54, 1.807) is 10.7 Å². The summed E-state index contributed by atoms with van der Waals surface area (Å²) in [6.07, 6.45) is 6.77. The molecule has 6 heteroatoms. The summed E-state index contributed by atoms with van der Waals surface area (Å²) in [5.74, 6) is 0.666. The Labute approximate surface area is 148 Å². The highest BCUT2D eigenvalue weighted by molar-refractivity contribution is 5.79. The minimum atomic E-state index is -0.128. The van der Waals surface area contributed by atoms with Gasteiger partial charge in [0.1, 0.15) is 5.82 Å². The Morgan fingerprint density at radius 3 is 2.76 bits per heavy atom. The Morgan fingerprint density at radius 1 is 1.32 bits per heavy atom. The summed E-state index contributed by atoms with van der Waals surface area (Å²) in [7, 11) is 1.92. The molecule has 3 rings (SSSR count). The highest BCUT2D eigenvalue weighted by Gasteiger charge is 2.45. The largest absolute Gasteiger partial charge is 0.357 e. The standard InChI is InChI=1S/C19H26FN5/c1-3-21-18(22-11-8-15-12-24-25(2)13-15)23-14-19(9-10-19)16-6-4-5-7-17(16)20/h4-7,12-13H,3,8-11,14H2,1-2H3,(H2,21,22,23). The molecule has 1 aliphatic carbocycles. The lowest BCUT2D eigenvalue weighted by Crippen LogP contribution is -2.39. The van der Waals surface area contributed by atoms with Gasteiger partial charge in [-0.25, -0.2) is 4.39 Å². The van der Waals surface area contributed by atoms with Crippen LogP contribution in [0.3, 0.4) is 0 Å². The number of aromatic nitrogens is 2. The number of hydrogen-bond acceptors (Lipinski definition) is 2. The second kappa shape index (κ2) is 7.68. The van der Waals surface area contributed by atoms with Crippen molar-refractivity contribution < 1.29 is 4.39 Å². The number of nitrogens with one attached hydrogen (secondary N) is 2. The minimum Gasteiger partial charge on any atom is -0.357 e. The van der Waals surface area contributed by atoms with E-state index < -0.39 is 0 Å². The van der Waals surface area contributed by atoms with E-state index >= 15 is 0 Å². The van der Waals surface area contributed by atoms with Gasteiger partial charge in [0.2, 0.25) is 0 Å². The van der Waals surface area contributed by atoms with Gasteiger partial charge in [0.25, 0.3) is 0 Å². The number of hydrogen-bond donors (Lipinski definition) is 2. The van der Waals surface area contributed by atoms with Gasteiger partial charge in [-0.3, -0.25) is 9.67 Å². The van der Waals surface area contributed by atoms with E-state index in [-0.39, 0.29) is 11.2 Å². The average molecular weight is 343 g/mol. The highest BCUT2D eigenvalue weighted by atomic mass is 19.1. The van der Waals surface area contributed by atoms with Crippen molar-refractivity contribution in [3.05, 3.63) is 53.6 Å². The van der Waals surface area contributed by atoms with Gasteiger partial charge in [-0.05, 0) is 43.4 Å². The first-order chi connectivity index (χ1) is 12.1. The van der Waals surface area contributed by atoms with Crippen LogP contribution in [0, 0.1) is 5.82 Å². The third kappa shape index (κ3) is 4.38. The summed E-state index contributed by atoms with van der Waals surface area (Å²) < 4.78 is 15.9. The normalized spacial score (nSPS) is 15.9. The van der Waals surface area contributed by atoms with Gasteiger partial charge in [-0.15, -0.1) is 0 Å². The third-order valence-electron chi connectivity index (χ3n) is 4.65. The van der Waals surface area contributed by atoms with Crippen molar-refractivity contribution in [2.45, 2.75) is 31.6 Å². The molecule has 2 aromatic rings. The molecule has 1 fully saturated rings. The van der Waals surface area contributed by atoms with Crippen molar-refractivity contribution in [1.82, 2.24) is 20.4 Å². The van der Waals surface area contributed by atoms with Crippen LogP contribution in [-0.4, -0.2) is 35.4 Å². The van der Waals surface area contributed by atoms with E-state index in [4.69, 9.17) is 4.99 Å². The SMILES string of the molecule is CCNC(=NCC1(c2ccccc2F)CC1)NCCc1cnn(C)c1. The Kier molecular flexibility index (Phi) is 5.36. The smallest absolute Gasteiger partial charge is 0.191 e. The molecule has 1 saturated carbocycles. The first kappa shape index (κ1) is 17.5. The maximum Gasteiger partial charge on any atom is 0.191 e. The van der Waals surface area contributed by atoms with Crippen molar-refractivity contribution >= 4 is 5.96 Å². The van der Waals surface area contributed by atoms with Crippen LogP contribution in [0.2, 0.25) is 0 Å². The van der Waals surface area contributed by atoms with Crippen LogP contribution in [0.25, 0.3) is 0 Å². The van der Waals surface area contributed by atoms with Crippen LogP contribution in [0.15, 0.2) is 41.7 Å². The van der Waals surface area contributed by atoms with Crippen molar-refractivity contribution in [2.24, 2.45) is 12.0 Å². The molecule has 1 aliphatic rings. The van der Waals surface area contributed by atoms with Crippen LogP contribution in [0.1, 0.15) is 30.9 Å². The Bertz CT molecular complexity index is 733. The summed E-state index contributed by atoms with van der Waals surface area (Å²) in [4.78, 5) is 4.71. The van der Waals surface area contributed by atoms with E-state index in [0.717, 1.165) is 43.9 Å². The molecule has 1 aromatic carbocycles. The number of benzene rings is 1. The van der Waals surface area contributed by atoms with Gasteiger partial charge in [0.15, 0.2) is 5.96 Å². The molecule has 0 spiro atoms. The van der Waals surface area contributed by atoms with E-state index in [2.05, 4.69) is 15.7 Å². The summed E-state index contributed by atoms with van der Waals surface area (Å²) in [5.41, 5.74) is 1.86. The fourth-order valence-electron chi connectivity index (χ4n) is 3.05. The summed E-state index contributed by atoms with van der Waals surface area (Å²) in [6.45, 7) is 4.23. The number of nitrogens with zero attached hydrogens (tertiary/aromatic N) is 3. The minimum absolute atomic E-state index is 0.121. The van der Waals surface area contributed by atoms with E-state index in [0.29, 0.717) is 6.54 Å². The van der Waals surface area contributed by atoms with Gasteiger partial charge >= 0.3 is 0 Å². The summed E-state index contributed by atoms with van der Waals surface area (Å²) in [6, 6.07) is 7.07. The highest BCUT2D eigenvalue weighted by Crippen LogP contribution is 2.49. The van der Waals surface area contributed by atoms with Gasteiger partial charge < -0.3 is 10.6 Å². The van der Waals surface area contributed by atoms with E-state index in [1.807, 2.05) is 38.5 Å². The first-order valence-electron chi connectivity index (χ1n) is 8.88. The molecule has 5 nitrogen and oxygen atoms in total. The molecule has 1 heterocycles. The molecule has 1 aromatic heterocycles. The summed E-state index contributed by atoms with van der Waals surface area (Å²) in [5, 5.41) is 10.8. The zero-order valence-electron chi connectivity index (χ0n) is 14.9. The van der Waals surface area contributed by atoms with Gasteiger partial charge in [-0.2, -0.15) is 5.10 Å². The molecule has 0 atom stereocenters. The van der Waals surface area contributed by atoms with Crippen LogP contribution in [-0.2, 0) is 18.9 Å². The fourth-order valence-corrected chi connectivity index (χ4v) is 3.05. The van der Waals surface area contributed by atoms with Crippen LogP contribution in [0.4, 0.5) is 4.39 Å². The zero-order chi connectivity index (χ0) is 17.7. The summed E-state index contributed by atoms with van der Waals surface area (Å²) >= 11 is 0. The maximum atomic E-state index is 14.1. The van der Waals surface area contributed by atoms with Gasteiger partial charge in [0, 0.05) is 31.7 Å². The maximum absolute atomic E-state index is 14.1. The molecule has 2 N–H and O–H groups in total. The van der Waals surface area contributed by atoms with Crippen molar-refractivity contribution in [1.29, 1.82) is 0 Å². The molecule has 25 heavy (non-hydrogen) atoms. The lowest BCUT2D eigenvalue weighted by molar-refractivity contribution is 0.572. The molecular formula is C19H26FN5. The van der Waals surface area contributed by atoms with Gasteiger partial charge in [0.05, 0.1) is 12.7 Å². The number of halogens is 1.